The van der Waals surface area contributed by atoms with E-state index in [4.69, 9.17) is 0 Å². The normalized spacial score (nSPS) is 18.4. The van der Waals surface area contributed by atoms with Gasteiger partial charge in [-0.05, 0) is 31.7 Å². The molecule has 0 saturated carbocycles. The van der Waals surface area contributed by atoms with E-state index in [0.29, 0.717) is 0 Å². The van der Waals surface area contributed by atoms with Gasteiger partial charge < -0.3 is 5.11 Å². The fourth-order valence-corrected chi connectivity index (χ4v) is 2.43. The van der Waals surface area contributed by atoms with Gasteiger partial charge in [0.15, 0.2) is 0 Å². The van der Waals surface area contributed by atoms with Gasteiger partial charge in [-0.2, -0.15) is 0 Å². The maximum atomic E-state index is 9.34. The van der Waals surface area contributed by atoms with E-state index in [-0.39, 0.29) is 6.10 Å². The molecule has 0 aliphatic carbocycles. The Balaban J connectivity index is 1.84. The molecule has 1 aliphatic rings. The number of nitrogens with zero attached hydrogens (tertiary/aromatic N) is 1. The van der Waals surface area contributed by atoms with Gasteiger partial charge in [0.05, 0.1) is 6.10 Å². The highest BCUT2D eigenvalue weighted by Crippen LogP contribution is 2.17. The van der Waals surface area contributed by atoms with E-state index in [0.717, 1.165) is 38.9 Å². The molecule has 1 aromatic carbocycles. The summed E-state index contributed by atoms with van der Waals surface area (Å²) in [5.74, 6) is 0. The predicted octanol–water partition coefficient (Wildman–Crippen LogP) is 2.98. The molecule has 2 nitrogen and oxygen atoms in total. The largest absolute Gasteiger partial charge is 0.393 e. The monoisotopic (exact) mass is 245 g/mol. The average molecular weight is 245 g/mol. The first-order valence-electron chi connectivity index (χ1n) is 6.86. The van der Waals surface area contributed by atoms with Crippen LogP contribution < -0.4 is 0 Å². The second kappa shape index (κ2) is 6.72. The third-order valence-electron chi connectivity index (χ3n) is 3.44. The van der Waals surface area contributed by atoms with Crippen molar-refractivity contribution >= 4 is 0 Å². The summed E-state index contributed by atoms with van der Waals surface area (Å²) in [5.41, 5.74) is 2.87. The standard InChI is InChI=1S/C16H23NO/c1-14(18)9-10-16-8-5-11-17(13-16)12-15-6-3-2-4-7-15/h2-4,6-8,14,18H,5,9-13H2,1H3. The number of rotatable bonds is 5. The Morgan fingerprint density at radius 3 is 2.78 bits per heavy atom. The van der Waals surface area contributed by atoms with E-state index in [9.17, 15) is 5.11 Å². The van der Waals surface area contributed by atoms with Gasteiger partial charge in [0.25, 0.3) is 0 Å². The Hall–Kier alpha value is -1.12. The SMILES string of the molecule is CC(O)CCC1=CCCN(Cc2ccccc2)C1. The van der Waals surface area contributed by atoms with E-state index in [1.165, 1.54) is 11.1 Å². The van der Waals surface area contributed by atoms with Crippen LogP contribution in [0.15, 0.2) is 42.0 Å². The molecule has 0 fully saturated rings. The molecule has 18 heavy (non-hydrogen) atoms. The average Bonchev–Trinajstić information content (AvgIpc) is 2.38. The number of aliphatic hydroxyl groups excluding tert-OH is 1. The minimum atomic E-state index is -0.185. The number of hydrogen-bond acceptors (Lipinski definition) is 2. The molecule has 0 radical (unpaired) electrons. The van der Waals surface area contributed by atoms with Crippen molar-refractivity contribution in [3.05, 3.63) is 47.5 Å². The number of hydrogen-bond donors (Lipinski definition) is 1. The zero-order chi connectivity index (χ0) is 12.8. The number of aliphatic hydroxyl groups is 1. The molecule has 98 valence electrons. The smallest absolute Gasteiger partial charge is 0.0515 e. The summed E-state index contributed by atoms with van der Waals surface area (Å²) < 4.78 is 0. The Kier molecular flexibility index (Phi) is 4.97. The lowest BCUT2D eigenvalue weighted by Gasteiger charge is -2.27. The van der Waals surface area contributed by atoms with Gasteiger partial charge in [0.1, 0.15) is 0 Å². The first kappa shape index (κ1) is 13.3. The fourth-order valence-electron chi connectivity index (χ4n) is 2.43. The highest BCUT2D eigenvalue weighted by molar-refractivity contribution is 5.16. The second-order valence-corrected chi connectivity index (χ2v) is 5.23. The summed E-state index contributed by atoms with van der Waals surface area (Å²) >= 11 is 0. The minimum absolute atomic E-state index is 0.185. The Morgan fingerprint density at radius 2 is 2.06 bits per heavy atom. The molecule has 2 rings (SSSR count). The van der Waals surface area contributed by atoms with Crippen molar-refractivity contribution in [1.82, 2.24) is 4.90 Å². The molecule has 0 bridgehead atoms. The van der Waals surface area contributed by atoms with Crippen LogP contribution in [-0.2, 0) is 6.54 Å². The molecule has 0 spiro atoms. The van der Waals surface area contributed by atoms with E-state index in [2.05, 4.69) is 41.3 Å². The summed E-state index contributed by atoms with van der Waals surface area (Å²) in [5, 5.41) is 9.34. The maximum Gasteiger partial charge on any atom is 0.0515 e. The van der Waals surface area contributed by atoms with Crippen molar-refractivity contribution in [2.75, 3.05) is 13.1 Å². The molecule has 1 aliphatic heterocycles. The van der Waals surface area contributed by atoms with Crippen LogP contribution in [0.25, 0.3) is 0 Å². The fraction of sp³-hybridized carbons (Fsp3) is 0.500. The zero-order valence-corrected chi connectivity index (χ0v) is 11.2. The van der Waals surface area contributed by atoms with Gasteiger partial charge in [0.2, 0.25) is 0 Å². The molecule has 0 aromatic heterocycles. The molecular weight excluding hydrogens is 222 g/mol. The Morgan fingerprint density at radius 1 is 1.28 bits per heavy atom. The summed E-state index contributed by atoms with van der Waals surface area (Å²) in [6.45, 7) is 5.10. The Bertz CT molecular complexity index is 383. The minimum Gasteiger partial charge on any atom is -0.393 e. The van der Waals surface area contributed by atoms with Crippen LogP contribution in [0.5, 0.6) is 0 Å². The van der Waals surface area contributed by atoms with Crippen LogP contribution in [0.1, 0.15) is 31.7 Å². The maximum absolute atomic E-state index is 9.34. The quantitative estimate of drug-likeness (QED) is 0.806. The Labute approximate surface area is 110 Å². The second-order valence-electron chi connectivity index (χ2n) is 5.23. The molecule has 1 aromatic rings. The first-order chi connectivity index (χ1) is 8.74. The van der Waals surface area contributed by atoms with Crippen LogP contribution in [0, 0.1) is 0 Å². The summed E-state index contributed by atoms with van der Waals surface area (Å²) in [6, 6.07) is 10.6. The van der Waals surface area contributed by atoms with Gasteiger partial charge >= 0.3 is 0 Å². The van der Waals surface area contributed by atoms with Gasteiger partial charge in [-0.15, -0.1) is 0 Å². The topological polar surface area (TPSA) is 23.5 Å². The molecule has 0 amide bonds. The van der Waals surface area contributed by atoms with Crippen molar-refractivity contribution in [2.24, 2.45) is 0 Å². The lowest BCUT2D eigenvalue weighted by Crippen LogP contribution is -2.29. The van der Waals surface area contributed by atoms with E-state index < -0.39 is 0 Å². The highest BCUT2D eigenvalue weighted by Gasteiger charge is 2.13. The van der Waals surface area contributed by atoms with Gasteiger partial charge in [-0.3, -0.25) is 4.90 Å². The van der Waals surface area contributed by atoms with Gasteiger partial charge in [-0.1, -0.05) is 42.0 Å². The van der Waals surface area contributed by atoms with Crippen LogP contribution in [0.4, 0.5) is 0 Å². The molecule has 1 N–H and O–H groups in total. The van der Waals surface area contributed by atoms with E-state index >= 15 is 0 Å². The summed E-state index contributed by atoms with van der Waals surface area (Å²) in [6.07, 6.45) is 5.22. The third-order valence-corrected chi connectivity index (χ3v) is 3.44. The van der Waals surface area contributed by atoms with Gasteiger partial charge in [-0.25, -0.2) is 0 Å². The van der Waals surface area contributed by atoms with Crippen molar-refractivity contribution in [1.29, 1.82) is 0 Å². The van der Waals surface area contributed by atoms with Crippen molar-refractivity contribution in [3.63, 3.8) is 0 Å². The zero-order valence-electron chi connectivity index (χ0n) is 11.2. The molecule has 1 unspecified atom stereocenters. The van der Waals surface area contributed by atoms with Crippen LogP contribution in [0.2, 0.25) is 0 Å². The molecule has 2 heteroatoms. The summed E-state index contributed by atoms with van der Waals surface area (Å²) in [4.78, 5) is 2.49. The summed E-state index contributed by atoms with van der Waals surface area (Å²) in [7, 11) is 0. The molecular formula is C16H23NO. The lowest BCUT2D eigenvalue weighted by molar-refractivity contribution is 0.182. The van der Waals surface area contributed by atoms with Crippen molar-refractivity contribution < 1.29 is 5.11 Å². The predicted molar refractivity (Wildman–Crippen MR) is 75.3 cm³/mol. The van der Waals surface area contributed by atoms with Crippen LogP contribution in [0.3, 0.4) is 0 Å². The molecule has 1 atom stereocenters. The van der Waals surface area contributed by atoms with Crippen molar-refractivity contribution in [3.8, 4) is 0 Å². The van der Waals surface area contributed by atoms with Crippen LogP contribution >= 0.6 is 0 Å². The first-order valence-corrected chi connectivity index (χ1v) is 6.86. The molecule has 0 saturated heterocycles. The van der Waals surface area contributed by atoms with Crippen molar-refractivity contribution in [2.45, 2.75) is 38.8 Å². The lowest BCUT2D eigenvalue weighted by atomic mass is 10.0. The number of benzene rings is 1. The molecule has 1 heterocycles. The van der Waals surface area contributed by atoms with Crippen LogP contribution in [-0.4, -0.2) is 29.2 Å². The van der Waals surface area contributed by atoms with E-state index in [1.54, 1.807) is 0 Å². The third kappa shape index (κ3) is 4.28. The van der Waals surface area contributed by atoms with Gasteiger partial charge in [0, 0.05) is 19.6 Å². The van der Waals surface area contributed by atoms with E-state index in [1.807, 2.05) is 6.92 Å². The highest BCUT2D eigenvalue weighted by atomic mass is 16.3.